The molecule has 1 amide bonds. The molecule has 1 aromatic carbocycles. The van der Waals surface area contributed by atoms with Gasteiger partial charge < -0.3 is 19.9 Å². The molecule has 3 N–H and O–H groups in total. The van der Waals surface area contributed by atoms with Gasteiger partial charge in [-0.25, -0.2) is 4.79 Å². The van der Waals surface area contributed by atoms with E-state index in [-0.39, 0.29) is 23.5 Å². The summed E-state index contributed by atoms with van der Waals surface area (Å²) in [6, 6.07) is 7.35. The molecular weight excluding hydrogens is 250 g/mol. The summed E-state index contributed by atoms with van der Waals surface area (Å²) in [6.07, 6.45) is 1.03. The van der Waals surface area contributed by atoms with E-state index in [4.69, 9.17) is 9.52 Å². The van der Waals surface area contributed by atoms with Crippen LogP contribution in [0.25, 0.3) is 0 Å². The van der Waals surface area contributed by atoms with Crippen LogP contribution in [0.3, 0.4) is 0 Å². The zero-order valence-corrected chi connectivity index (χ0v) is 9.79. The van der Waals surface area contributed by atoms with E-state index >= 15 is 0 Å². The summed E-state index contributed by atoms with van der Waals surface area (Å²) in [5.41, 5.74) is 0.388. The maximum absolute atomic E-state index is 11.7. The molecule has 0 fully saturated rings. The smallest absolute Gasteiger partial charge is 0.339 e. The summed E-state index contributed by atoms with van der Waals surface area (Å²) >= 11 is 0. The molecule has 0 spiro atoms. The second-order valence-electron chi connectivity index (χ2n) is 3.84. The van der Waals surface area contributed by atoms with Gasteiger partial charge in [-0.15, -0.1) is 0 Å². The van der Waals surface area contributed by atoms with Gasteiger partial charge in [0.1, 0.15) is 17.1 Å². The zero-order chi connectivity index (χ0) is 13.8. The van der Waals surface area contributed by atoms with Crippen molar-refractivity contribution in [3.63, 3.8) is 0 Å². The van der Waals surface area contributed by atoms with E-state index in [0.717, 1.165) is 0 Å². The first-order valence-corrected chi connectivity index (χ1v) is 5.45. The Morgan fingerprint density at radius 1 is 1.26 bits per heavy atom. The molecule has 0 aliphatic carbocycles. The fourth-order valence-corrected chi connectivity index (χ4v) is 1.60. The Bertz CT molecular complexity index is 617. The minimum atomic E-state index is -1.14. The summed E-state index contributed by atoms with van der Waals surface area (Å²) in [5, 5.41) is 20.7. The molecule has 0 aliphatic rings. The number of amides is 1. The molecule has 6 heteroatoms. The van der Waals surface area contributed by atoms with Gasteiger partial charge in [0.25, 0.3) is 0 Å². The molecule has 2 aromatic rings. The fraction of sp³-hybridized carbons (Fsp3) is 0.0769. The second kappa shape index (κ2) is 5.26. The van der Waals surface area contributed by atoms with Gasteiger partial charge in [0.2, 0.25) is 5.91 Å². The number of hydrogen-bond donors (Lipinski definition) is 3. The molecule has 1 aromatic heterocycles. The first kappa shape index (κ1) is 12.7. The van der Waals surface area contributed by atoms with E-state index in [1.54, 1.807) is 12.1 Å². The summed E-state index contributed by atoms with van der Waals surface area (Å²) in [5.74, 6) is -1.45. The number of hydrogen-bond acceptors (Lipinski definition) is 4. The topological polar surface area (TPSA) is 99.8 Å². The Hall–Kier alpha value is -2.76. The summed E-state index contributed by atoms with van der Waals surface area (Å²) in [7, 11) is 0. The lowest BCUT2D eigenvalue weighted by Crippen LogP contribution is -2.15. The third-order valence-corrected chi connectivity index (χ3v) is 2.43. The Morgan fingerprint density at radius 2 is 2.05 bits per heavy atom. The molecular formula is C13H11NO5. The van der Waals surface area contributed by atoms with Crippen molar-refractivity contribution in [3.05, 3.63) is 47.9 Å². The lowest BCUT2D eigenvalue weighted by Gasteiger charge is -2.04. The maximum atomic E-state index is 11.7. The van der Waals surface area contributed by atoms with E-state index in [2.05, 4.69) is 5.32 Å². The molecule has 0 aliphatic heterocycles. The fourth-order valence-electron chi connectivity index (χ4n) is 1.60. The van der Waals surface area contributed by atoms with Crippen LogP contribution in [-0.2, 0) is 11.2 Å². The molecule has 19 heavy (non-hydrogen) atoms. The molecule has 6 nitrogen and oxygen atoms in total. The minimum Gasteiger partial charge on any atom is -0.508 e. The Kier molecular flexibility index (Phi) is 3.51. The van der Waals surface area contributed by atoms with Crippen molar-refractivity contribution in [2.45, 2.75) is 6.42 Å². The monoisotopic (exact) mass is 261 g/mol. The van der Waals surface area contributed by atoms with E-state index in [9.17, 15) is 14.7 Å². The van der Waals surface area contributed by atoms with Gasteiger partial charge in [0.15, 0.2) is 0 Å². The van der Waals surface area contributed by atoms with Crippen LogP contribution in [0.15, 0.2) is 41.0 Å². The number of phenols is 1. The molecule has 0 saturated heterocycles. The highest BCUT2D eigenvalue weighted by molar-refractivity contribution is 5.95. The predicted octanol–water partition coefficient (Wildman–Crippen LogP) is 1.86. The summed E-state index contributed by atoms with van der Waals surface area (Å²) in [6.45, 7) is 0. The van der Waals surface area contributed by atoms with Gasteiger partial charge in [0, 0.05) is 11.8 Å². The maximum Gasteiger partial charge on any atom is 0.339 e. The standard InChI is InChI=1S/C13H11NO5/c15-9-3-1-2-8(6-9)14-12(16)7-11-10(13(17)18)4-5-19-11/h1-6,15H,7H2,(H,14,16)(H,17,18). The number of furan rings is 1. The highest BCUT2D eigenvalue weighted by atomic mass is 16.4. The number of nitrogens with one attached hydrogen (secondary N) is 1. The van der Waals surface area contributed by atoms with Gasteiger partial charge in [-0.2, -0.15) is 0 Å². The van der Waals surface area contributed by atoms with Crippen molar-refractivity contribution in [1.29, 1.82) is 0 Å². The normalized spacial score (nSPS) is 10.1. The molecule has 0 atom stereocenters. The third kappa shape index (κ3) is 3.12. The number of anilines is 1. The van der Waals surface area contributed by atoms with Crippen molar-refractivity contribution >= 4 is 17.6 Å². The average molecular weight is 261 g/mol. The number of carboxylic acid groups (broad SMARTS) is 1. The van der Waals surface area contributed by atoms with Crippen LogP contribution in [0, 0.1) is 0 Å². The predicted molar refractivity (Wildman–Crippen MR) is 66.1 cm³/mol. The number of phenolic OH excluding ortho intramolecular Hbond substituents is 1. The number of carbonyl (C=O) groups is 2. The van der Waals surface area contributed by atoms with Crippen molar-refractivity contribution in [1.82, 2.24) is 0 Å². The van der Waals surface area contributed by atoms with Crippen LogP contribution >= 0.6 is 0 Å². The highest BCUT2D eigenvalue weighted by Crippen LogP contribution is 2.16. The zero-order valence-electron chi connectivity index (χ0n) is 9.79. The van der Waals surface area contributed by atoms with Crippen molar-refractivity contribution in [2.24, 2.45) is 0 Å². The third-order valence-electron chi connectivity index (χ3n) is 2.43. The molecule has 0 bridgehead atoms. The van der Waals surface area contributed by atoms with E-state index in [1.165, 1.54) is 24.5 Å². The van der Waals surface area contributed by atoms with E-state index in [1.807, 2.05) is 0 Å². The first-order chi connectivity index (χ1) is 9.06. The molecule has 0 radical (unpaired) electrons. The van der Waals surface area contributed by atoms with Crippen LogP contribution in [0.4, 0.5) is 5.69 Å². The molecule has 0 saturated carbocycles. The number of rotatable bonds is 4. The van der Waals surface area contributed by atoms with Gasteiger partial charge in [-0.1, -0.05) is 6.07 Å². The minimum absolute atomic E-state index is 0.0297. The van der Waals surface area contributed by atoms with Crippen molar-refractivity contribution in [3.8, 4) is 5.75 Å². The SMILES string of the molecule is O=C(Cc1occc1C(=O)O)Nc1cccc(O)c1. The Labute approximate surface area is 108 Å². The summed E-state index contributed by atoms with van der Waals surface area (Å²) in [4.78, 5) is 22.6. The van der Waals surface area contributed by atoms with Crippen LogP contribution in [0.2, 0.25) is 0 Å². The second-order valence-corrected chi connectivity index (χ2v) is 3.84. The highest BCUT2D eigenvalue weighted by Gasteiger charge is 2.16. The van der Waals surface area contributed by atoms with Gasteiger partial charge in [-0.05, 0) is 18.2 Å². The van der Waals surface area contributed by atoms with Crippen molar-refractivity contribution < 1.29 is 24.2 Å². The van der Waals surface area contributed by atoms with Crippen LogP contribution in [0.1, 0.15) is 16.1 Å². The van der Waals surface area contributed by atoms with Crippen LogP contribution in [-0.4, -0.2) is 22.1 Å². The van der Waals surface area contributed by atoms with E-state index in [0.29, 0.717) is 5.69 Å². The van der Waals surface area contributed by atoms with Crippen LogP contribution < -0.4 is 5.32 Å². The van der Waals surface area contributed by atoms with Gasteiger partial charge in [0.05, 0.1) is 12.7 Å². The number of carboxylic acids is 1. The first-order valence-electron chi connectivity index (χ1n) is 5.45. The number of aromatic carboxylic acids is 1. The lowest BCUT2D eigenvalue weighted by atomic mass is 10.2. The largest absolute Gasteiger partial charge is 0.508 e. The molecule has 98 valence electrons. The van der Waals surface area contributed by atoms with Crippen molar-refractivity contribution in [2.75, 3.05) is 5.32 Å². The van der Waals surface area contributed by atoms with Gasteiger partial charge >= 0.3 is 5.97 Å². The van der Waals surface area contributed by atoms with E-state index < -0.39 is 11.9 Å². The molecule has 1 heterocycles. The Morgan fingerprint density at radius 3 is 2.74 bits per heavy atom. The summed E-state index contributed by atoms with van der Waals surface area (Å²) < 4.78 is 4.97. The molecule has 2 rings (SSSR count). The lowest BCUT2D eigenvalue weighted by molar-refractivity contribution is -0.115. The number of carbonyl (C=O) groups excluding carboxylic acids is 1. The molecule has 0 unspecified atom stereocenters. The van der Waals surface area contributed by atoms with Crippen LogP contribution in [0.5, 0.6) is 5.75 Å². The van der Waals surface area contributed by atoms with Gasteiger partial charge in [-0.3, -0.25) is 4.79 Å². The number of aromatic hydroxyl groups is 1. The number of benzene rings is 1. The average Bonchev–Trinajstić information content (AvgIpc) is 2.76. The Balaban J connectivity index is 2.05. The quantitative estimate of drug-likeness (QED) is 0.780.